The van der Waals surface area contributed by atoms with Crippen LogP contribution in [0.1, 0.15) is 18.0 Å². The summed E-state index contributed by atoms with van der Waals surface area (Å²) in [5.41, 5.74) is 2.17. The molecule has 0 spiro atoms. The summed E-state index contributed by atoms with van der Waals surface area (Å²) in [6, 6.07) is 8.84. The maximum absolute atomic E-state index is 14.6. The maximum atomic E-state index is 14.6. The van der Waals surface area contributed by atoms with Gasteiger partial charge in [0.15, 0.2) is 17.5 Å². The third kappa shape index (κ3) is 5.68. The van der Waals surface area contributed by atoms with Crippen LogP contribution in [0.2, 0.25) is 0 Å². The molecule has 2 saturated heterocycles. The average Bonchev–Trinajstić information content (AvgIpc) is 3.45. The highest BCUT2D eigenvalue weighted by molar-refractivity contribution is 6.02. The molecule has 3 heterocycles. The first-order valence-electron chi connectivity index (χ1n) is 12.9. The summed E-state index contributed by atoms with van der Waals surface area (Å²) in [6.07, 6.45) is 3.03. The minimum absolute atomic E-state index is 0.189. The highest BCUT2D eigenvalue weighted by Gasteiger charge is 2.32. The fourth-order valence-corrected chi connectivity index (χ4v) is 4.86. The fraction of sp³-hybridized carbons (Fsp3) is 0.321. The van der Waals surface area contributed by atoms with Crippen LogP contribution in [0.4, 0.5) is 37.5 Å². The summed E-state index contributed by atoms with van der Waals surface area (Å²) >= 11 is 0. The van der Waals surface area contributed by atoms with Crippen molar-refractivity contribution >= 4 is 34.6 Å². The topological polar surface area (TPSA) is 95.1 Å². The molecule has 3 aromatic rings. The first kappa shape index (κ1) is 27.3. The number of aromatic nitrogens is 2. The van der Waals surface area contributed by atoms with Crippen LogP contribution in [0.5, 0.6) is 5.75 Å². The van der Waals surface area contributed by atoms with Crippen molar-refractivity contribution in [2.45, 2.75) is 12.5 Å². The number of likely N-dealkylation sites (N-methyl/N-ethyl adjacent to an activating group) is 1. The van der Waals surface area contributed by atoms with Gasteiger partial charge in [0.2, 0.25) is 5.91 Å². The summed E-state index contributed by atoms with van der Waals surface area (Å²) in [5, 5.41) is 7.60. The van der Waals surface area contributed by atoms with Gasteiger partial charge in [0.25, 0.3) is 0 Å². The minimum atomic E-state index is -0.916. The molecule has 40 heavy (non-hydrogen) atoms. The van der Waals surface area contributed by atoms with E-state index in [1.165, 1.54) is 29.6 Å². The molecular weight excluding hydrogens is 520 g/mol. The van der Waals surface area contributed by atoms with E-state index in [0.717, 1.165) is 37.9 Å². The molecule has 2 fully saturated rings. The number of carbonyl (C=O) groups is 1. The Kier molecular flexibility index (Phi) is 8.08. The summed E-state index contributed by atoms with van der Waals surface area (Å²) in [7, 11) is 3.64. The van der Waals surface area contributed by atoms with Crippen molar-refractivity contribution in [1.29, 1.82) is 0 Å². The number of halogens is 2. The van der Waals surface area contributed by atoms with Crippen molar-refractivity contribution in [3.8, 4) is 5.75 Å². The Morgan fingerprint density at radius 1 is 1.15 bits per heavy atom. The Morgan fingerprint density at radius 2 is 1.95 bits per heavy atom. The van der Waals surface area contributed by atoms with E-state index in [-0.39, 0.29) is 11.5 Å². The number of nitrogens with zero attached hydrogens (tertiary/aromatic N) is 5. The molecule has 2 N–H and O–H groups in total. The molecule has 0 radical (unpaired) electrons. The van der Waals surface area contributed by atoms with Gasteiger partial charge >= 0.3 is 0 Å². The van der Waals surface area contributed by atoms with Gasteiger partial charge in [0.05, 0.1) is 36.8 Å². The van der Waals surface area contributed by atoms with E-state index >= 15 is 0 Å². The second-order valence-electron chi connectivity index (χ2n) is 9.55. The van der Waals surface area contributed by atoms with Gasteiger partial charge in [-0.2, -0.15) is 0 Å². The van der Waals surface area contributed by atoms with Crippen LogP contribution in [0.15, 0.2) is 55.4 Å². The largest absolute Gasteiger partial charge is 0.494 e. The summed E-state index contributed by atoms with van der Waals surface area (Å²) in [4.78, 5) is 31.1. The zero-order valence-electron chi connectivity index (χ0n) is 22.4. The number of piperazine rings is 1. The lowest BCUT2D eigenvalue weighted by atomic mass is 10.0. The molecule has 0 saturated carbocycles. The molecule has 2 aliphatic heterocycles. The predicted octanol–water partition coefficient (Wildman–Crippen LogP) is 4.27. The second kappa shape index (κ2) is 11.8. The summed E-state index contributed by atoms with van der Waals surface area (Å²) < 4.78 is 34.2. The molecule has 1 amide bonds. The highest BCUT2D eigenvalue weighted by atomic mass is 19.2. The number of nitrogens with one attached hydrogen (secondary N) is 2. The van der Waals surface area contributed by atoms with Gasteiger partial charge < -0.3 is 25.2 Å². The van der Waals surface area contributed by atoms with E-state index in [0.29, 0.717) is 41.8 Å². The molecule has 0 bridgehead atoms. The smallest absolute Gasteiger partial charge is 0.247 e. The lowest BCUT2D eigenvalue weighted by Crippen LogP contribution is -2.44. The van der Waals surface area contributed by atoms with Gasteiger partial charge in [-0.1, -0.05) is 18.7 Å². The number of methoxy groups -OCH3 is 1. The first-order chi connectivity index (χ1) is 19.4. The lowest BCUT2D eigenvalue weighted by molar-refractivity contribution is -0.111. The van der Waals surface area contributed by atoms with E-state index in [1.54, 1.807) is 19.2 Å². The molecule has 2 aliphatic rings. The van der Waals surface area contributed by atoms with E-state index < -0.39 is 17.7 Å². The van der Waals surface area contributed by atoms with Crippen molar-refractivity contribution < 1.29 is 23.1 Å². The standard InChI is InChI=1S/C28H31F2N7O3/c1-4-27(38)34-20-14-21(24(39-3)15-23(20)36-11-9-35(2)10-12-36)33-25-16-26(32-17-31-25)37-22(8-13-40-37)18-6-5-7-19(29)28(18)30/h4-7,14-17,22H,1,8-13H2,2-3H3,(H,34,38)(H,31,32,33)/t22-/m1/s1. The van der Waals surface area contributed by atoms with Crippen LogP contribution in [0.3, 0.4) is 0 Å². The molecule has 5 rings (SSSR count). The molecule has 2 aromatic carbocycles. The second-order valence-corrected chi connectivity index (χ2v) is 9.55. The number of hydrogen-bond acceptors (Lipinski definition) is 9. The van der Waals surface area contributed by atoms with E-state index in [1.807, 2.05) is 6.07 Å². The summed E-state index contributed by atoms with van der Waals surface area (Å²) in [6.45, 7) is 7.25. The Balaban J connectivity index is 1.45. The molecule has 0 unspecified atom stereocenters. The van der Waals surface area contributed by atoms with Crippen molar-refractivity contribution in [1.82, 2.24) is 14.9 Å². The number of hydrogen-bond donors (Lipinski definition) is 2. The number of rotatable bonds is 8. The average molecular weight is 552 g/mol. The van der Waals surface area contributed by atoms with Crippen molar-refractivity contribution in [2.75, 3.05) is 67.5 Å². The van der Waals surface area contributed by atoms with Crippen LogP contribution in [0.25, 0.3) is 0 Å². The van der Waals surface area contributed by atoms with Gasteiger partial charge in [-0.25, -0.2) is 23.8 Å². The van der Waals surface area contributed by atoms with Crippen molar-refractivity contribution in [2.24, 2.45) is 0 Å². The Bertz CT molecular complexity index is 1400. The number of amides is 1. The molecule has 1 atom stereocenters. The zero-order chi connectivity index (χ0) is 28.2. The predicted molar refractivity (Wildman–Crippen MR) is 149 cm³/mol. The fourth-order valence-electron chi connectivity index (χ4n) is 4.86. The van der Waals surface area contributed by atoms with Crippen LogP contribution < -0.4 is 25.3 Å². The monoisotopic (exact) mass is 551 g/mol. The number of ether oxygens (including phenoxy) is 1. The van der Waals surface area contributed by atoms with Crippen LogP contribution >= 0.6 is 0 Å². The van der Waals surface area contributed by atoms with Crippen LogP contribution in [0, 0.1) is 11.6 Å². The van der Waals surface area contributed by atoms with E-state index in [4.69, 9.17) is 9.57 Å². The lowest BCUT2D eigenvalue weighted by Gasteiger charge is -2.35. The normalized spacial score (nSPS) is 17.6. The third-order valence-corrected chi connectivity index (χ3v) is 6.99. The highest BCUT2D eigenvalue weighted by Crippen LogP contribution is 2.40. The Hall–Kier alpha value is -4.29. The molecule has 10 nitrogen and oxygen atoms in total. The van der Waals surface area contributed by atoms with Crippen LogP contribution in [-0.4, -0.2) is 67.7 Å². The van der Waals surface area contributed by atoms with Gasteiger partial charge in [-0.05, 0) is 25.3 Å². The number of benzene rings is 2. The Labute approximate surface area is 231 Å². The maximum Gasteiger partial charge on any atom is 0.247 e. The third-order valence-electron chi connectivity index (χ3n) is 6.99. The number of hydroxylamine groups is 1. The van der Waals surface area contributed by atoms with Crippen molar-refractivity contribution in [3.63, 3.8) is 0 Å². The van der Waals surface area contributed by atoms with Gasteiger partial charge in [-0.3, -0.25) is 9.63 Å². The minimum Gasteiger partial charge on any atom is -0.494 e. The van der Waals surface area contributed by atoms with Gasteiger partial charge in [0, 0.05) is 50.3 Å². The Morgan fingerprint density at radius 3 is 2.70 bits per heavy atom. The van der Waals surface area contributed by atoms with Crippen molar-refractivity contribution in [3.05, 3.63) is 72.6 Å². The molecule has 1 aromatic heterocycles. The van der Waals surface area contributed by atoms with Gasteiger partial charge in [0.1, 0.15) is 17.9 Å². The molecule has 210 valence electrons. The first-order valence-corrected chi connectivity index (χ1v) is 12.9. The molecule has 12 heteroatoms. The summed E-state index contributed by atoms with van der Waals surface area (Å²) in [5.74, 6) is -0.835. The number of carbonyl (C=O) groups excluding carboxylic acids is 1. The number of anilines is 5. The zero-order valence-corrected chi connectivity index (χ0v) is 22.4. The molecule has 0 aliphatic carbocycles. The van der Waals surface area contributed by atoms with Gasteiger partial charge in [-0.15, -0.1) is 0 Å². The van der Waals surface area contributed by atoms with Crippen LogP contribution in [-0.2, 0) is 9.63 Å². The van der Waals surface area contributed by atoms with E-state index in [9.17, 15) is 13.6 Å². The molecular formula is C28H31F2N7O3. The SMILES string of the molecule is C=CC(=O)Nc1cc(Nc2cc(N3OCC[C@@H]3c3cccc(F)c3F)ncn2)c(OC)cc1N1CCN(C)CC1. The van der Waals surface area contributed by atoms with E-state index in [2.05, 4.69) is 44.0 Å². The quantitative estimate of drug-likeness (QED) is 0.398.